The Balaban J connectivity index is 2.81. The molecular formula is C13H21N3O7S. The number of carboxylic acid groups (broad SMARTS) is 1. The molecule has 1 aromatic heterocycles. The lowest BCUT2D eigenvalue weighted by Crippen LogP contribution is -2.50. The zero-order valence-corrected chi connectivity index (χ0v) is 14.6. The summed E-state index contributed by atoms with van der Waals surface area (Å²) in [6, 6.07) is -2.36. The van der Waals surface area contributed by atoms with Gasteiger partial charge < -0.3 is 19.7 Å². The smallest absolute Gasteiger partial charge is 0.326 e. The molecule has 2 atom stereocenters. The van der Waals surface area contributed by atoms with Crippen molar-refractivity contribution in [1.82, 2.24) is 15.2 Å². The Morgan fingerprint density at radius 3 is 2.46 bits per heavy atom. The molecule has 24 heavy (non-hydrogen) atoms. The van der Waals surface area contributed by atoms with Gasteiger partial charge in [0.15, 0.2) is 5.76 Å². The first-order valence-corrected chi connectivity index (χ1v) is 8.55. The fraction of sp³-hybridized carbons (Fsp3) is 0.615. The molecule has 1 aromatic rings. The quantitative estimate of drug-likeness (QED) is 0.535. The van der Waals surface area contributed by atoms with Crippen molar-refractivity contribution >= 4 is 21.9 Å². The zero-order chi connectivity index (χ0) is 18.5. The van der Waals surface area contributed by atoms with E-state index in [0.717, 1.165) is 0 Å². The molecule has 0 aromatic carbocycles. The molecule has 0 aliphatic carbocycles. The molecule has 11 heteroatoms. The van der Waals surface area contributed by atoms with Gasteiger partial charge in [-0.1, -0.05) is 5.16 Å². The number of carbonyl (C=O) groups is 2. The van der Waals surface area contributed by atoms with E-state index in [2.05, 4.69) is 15.2 Å². The molecule has 1 heterocycles. The molecule has 0 saturated heterocycles. The van der Waals surface area contributed by atoms with Crippen LogP contribution in [-0.4, -0.2) is 56.4 Å². The maximum atomic E-state index is 12.3. The van der Waals surface area contributed by atoms with E-state index < -0.39 is 34.0 Å². The number of rotatable bonds is 9. The van der Waals surface area contributed by atoms with Crippen molar-refractivity contribution in [2.24, 2.45) is 0 Å². The minimum absolute atomic E-state index is 0.0565. The van der Waals surface area contributed by atoms with Crippen molar-refractivity contribution in [2.75, 3.05) is 13.7 Å². The van der Waals surface area contributed by atoms with E-state index in [9.17, 15) is 18.0 Å². The monoisotopic (exact) mass is 363 g/mol. The summed E-state index contributed by atoms with van der Waals surface area (Å²) in [6.07, 6.45) is 0.0565. The number of aromatic nitrogens is 1. The van der Waals surface area contributed by atoms with Crippen molar-refractivity contribution in [3.8, 4) is 0 Å². The molecule has 0 saturated carbocycles. The van der Waals surface area contributed by atoms with Crippen LogP contribution >= 0.6 is 0 Å². The Hall–Kier alpha value is -1.98. The SMILES string of the molecule is COCCC(NC(=O)C(C)NS(=O)(=O)c1c(C)noc1C)C(=O)O. The Labute approximate surface area is 139 Å². The molecule has 0 aliphatic heterocycles. The minimum Gasteiger partial charge on any atom is -0.480 e. The van der Waals surface area contributed by atoms with Crippen LogP contribution in [0.1, 0.15) is 24.8 Å². The van der Waals surface area contributed by atoms with Crippen LogP contribution < -0.4 is 10.0 Å². The number of carbonyl (C=O) groups excluding carboxylic acids is 1. The van der Waals surface area contributed by atoms with E-state index >= 15 is 0 Å². The second-order valence-electron chi connectivity index (χ2n) is 5.18. The minimum atomic E-state index is -4.03. The molecule has 3 N–H and O–H groups in total. The fourth-order valence-corrected chi connectivity index (χ4v) is 3.53. The van der Waals surface area contributed by atoms with Crippen molar-refractivity contribution < 1.29 is 32.4 Å². The Morgan fingerprint density at radius 2 is 2.00 bits per heavy atom. The Kier molecular flexibility index (Phi) is 6.87. The van der Waals surface area contributed by atoms with Crippen LogP contribution in [0.3, 0.4) is 0 Å². The van der Waals surface area contributed by atoms with Gasteiger partial charge in [0.2, 0.25) is 15.9 Å². The highest BCUT2D eigenvalue weighted by atomic mass is 32.2. The van der Waals surface area contributed by atoms with Crippen molar-refractivity contribution in [2.45, 2.75) is 44.2 Å². The van der Waals surface area contributed by atoms with Crippen LogP contribution in [0.15, 0.2) is 9.42 Å². The van der Waals surface area contributed by atoms with Crippen LogP contribution in [0.2, 0.25) is 0 Å². The molecule has 10 nitrogen and oxygen atoms in total. The van der Waals surface area contributed by atoms with Crippen LogP contribution in [0.5, 0.6) is 0 Å². The number of ether oxygens (including phenoxy) is 1. The summed E-state index contributed by atoms with van der Waals surface area (Å²) in [7, 11) is -2.63. The summed E-state index contributed by atoms with van der Waals surface area (Å²) in [4.78, 5) is 23.0. The highest BCUT2D eigenvalue weighted by Crippen LogP contribution is 2.18. The molecule has 0 spiro atoms. The third-order valence-corrected chi connectivity index (χ3v) is 4.97. The average Bonchev–Trinajstić information content (AvgIpc) is 2.82. The van der Waals surface area contributed by atoms with Crippen LogP contribution in [0.4, 0.5) is 0 Å². The Morgan fingerprint density at radius 1 is 1.38 bits per heavy atom. The fourth-order valence-electron chi connectivity index (χ4n) is 1.99. The van der Waals surface area contributed by atoms with Gasteiger partial charge in [0.05, 0.1) is 6.04 Å². The third kappa shape index (κ3) is 5.01. The van der Waals surface area contributed by atoms with Crippen LogP contribution in [0, 0.1) is 13.8 Å². The van der Waals surface area contributed by atoms with Gasteiger partial charge >= 0.3 is 5.97 Å². The second-order valence-corrected chi connectivity index (χ2v) is 6.83. The number of hydrogen-bond acceptors (Lipinski definition) is 7. The molecule has 0 radical (unpaired) electrons. The number of aryl methyl sites for hydroxylation is 2. The predicted octanol–water partition coefficient (Wildman–Crippen LogP) is -0.436. The highest BCUT2D eigenvalue weighted by molar-refractivity contribution is 7.89. The number of sulfonamides is 1. The first kappa shape index (κ1) is 20.1. The molecular weight excluding hydrogens is 342 g/mol. The van der Waals surface area contributed by atoms with E-state index in [4.69, 9.17) is 14.4 Å². The maximum Gasteiger partial charge on any atom is 0.326 e. The number of aliphatic carboxylic acids is 1. The van der Waals surface area contributed by atoms with Gasteiger partial charge in [-0.2, -0.15) is 4.72 Å². The van der Waals surface area contributed by atoms with Crippen molar-refractivity contribution in [3.63, 3.8) is 0 Å². The van der Waals surface area contributed by atoms with E-state index in [1.807, 2.05) is 0 Å². The summed E-state index contributed by atoms with van der Waals surface area (Å²) in [5, 5.41) is 14.9. The number of carboxylic acids is 1. The molecule has 0 bridgehead atoms. The van der Waals surface area contributed by atoms with Gasteiger partial charge in [-0.05, 0) is 20.8 Å². The van der Waals surface area contributed by atoms with Crippen molar-refractivity contribution in [1.29, 1.82) is 0 Å². The molecule has 1 amide bonds. The summed E-state index contributed by atoms with van der Waals surface area (Å²) < 4.78 is 36.4. The highest BCUT2D eigenvalue weighted by Gasteiger charge is 2.29. The standard InChI is InChI=1S/C13H21N3O7S/c1-7-11(9(3)23-15-7)24(20,21)16-8(2)12(17)14-10(13(18)19)5-6-22-4/h8,10,16H,5-6H2,1-4H3,(H,14,17)(H,18,19). The van der Waals surface area contributed by atoms with Crippen LogP contribution in [-0.2, 0) is 24.3 Å². The number of nitrogens with zero attached hydrogens (tertiary/aromatic N) is 1. The van der Waals surface area contributed by atoms with Gasteiger partial charge in [0.1, 0.15) is 16.6 Å². The lowest BCUT2D eigenvalue weighted by molar-refractivity contribution is -0.142. The Bertz CT molecular complexity index is 679. The van der Waals surface area contributed by atoms with Gasteiger partial charge in [0.25, 0.3) is 0 Å². The lowest BCUT2D eigenvalue weighted by Gasteiger charge is -2.18. The largest absolute Gasteiger partial charge is 0.480 e. The van der Waals surface area contributed by atoms with E-state index in [0.29, 0.717) is 0 Å². The molecule has 2 unspecified atom stereocenters. The maximum absolute atomic E-state index is 12.3. The van der Waals surface area contributed by atoms with Gasteiger partial charge in [0, 0.05) is 20.1 Å². The second kappa shape index (κ2) is 8.22. The summed E-state index contributed by atoms with van der Waals surface area (Å²) in [5.74, 6) is -1.91. The van der Waals surface area contributed by atoms with E-state index in [-0.39, 0.29) is 29.4 Å². The average molecular weight is 363 g/mol. The first-order valence-electron chi connectivity index (χ1n) is 7.07. The molecule has 0 fully saturated rings. The van der Waals surface area contributed by atoms with Crippen LogP contribution in [0.25, 0.3) is 0 Å². The zero-order valence-electron chi connectivity index (χ0n) is 13.8. The summed E-state index contributed by atoms with van der Waals surface area (Å²) in [6.45, 7) is 4.34. The first-order chi connectivity index (χ1) is 11.1. The normalized spacial score (nSPS) is 14.2. The molecule has 0 aliphatic rings. The van der Waals surface area contributed by atoms with Crippen molar-refractivity contribution in [3.05, 3.63) is 11.5 Å². The summed E-state index contributed by atoms with van der Waals surface area (Å²) >= 11 is 0. The van der Waals surface area contributed by atoms with E-state index in [1.165, 1.54) is 27.9 Å². The third-order valence-electron chi connectivity index (χ3n) is 3.19. The number of amides is 1. The lowest BCUT2D eigenvalue weighted by atomic mass is 10.2. The van der Waals surface area contributed by atoms with E-state index in [1.54, 1.807) is 0 Å². The number of hydrogen-bond donors (Lipinski definition) is 3. The number of nitrogens with one attached hydrogen (secondary N) is 2. The van der Waals surface area contributed by atoms with Gasteiger partial charge in [-0.3, -0.25) is 4.79 Å². The predicted molar refractivity (Wildman–Crippen MR) is 81.8 cm³/mol. The van der Waals surface area contributed by atoms with Gasteiger partial charge in [-0.25, -0.2) is 13.2 Å². The number of methoxy groups -OCH3 is 1. The molecule has 136 valence electrons. The molecule has 1 rings (SSSR count). The topological polar surface area (TPSA) is 148 Å². The summed E-state index contributed by atoms with van der Waals surface area (Å²) in [5.41, 5.74) is 0.163. The van der Waals surface area contributed by atoms with Gasteiger partial charge in [-0.15, -0.1) is 0 Å².